The Hall–Kier alpha value is -2.38. The summed E-state index contributed by atoms with van der Waals surface area (Å²) in [5, 5.41) is -0.460. The van der Waals surface area contributed by atoms with Gasteiger partial charge in [0.1, 0.15) is 11.8 Å². The Morgan fingerprint density at radius 1 is 0.935 bits per heavy atom. The van der Waals surface area contributed by atoms with Crippen LogP contribution in [0, 0.1) is 6.92 Å². The average molecular weight is 478 g/mol. The molecule has 3 aromatic rings. The van der Waals surface area contributed by atoms with Crippen LogP contribution in [0.4, 0.5) is 0 Å². The van der Waals surface area contributed by atoms with Crippen LogP contribution in [0.3, 0.4) is 0 Å². The molecule has 3 aromatic carbocycles. The Labute approximate surface area is 192 Å². The van der Waals surface area contributed by atoms with E-state index in [2.05, 4.69) is 4.72 Å². The van der Waals surface area contributed by atoms with Crippen LogP contribution in [0.2, 0.25) is 5.02 Å². The Balaban J connectivity index is 1.99. The molecule has 5 nitrogen and oxygen atoms in total. The highest BCUT2D eigenvalue weighted by atomic mass is 35.5. The maximum Gasteiger partial charge on any atom is 0.241 e. The first-order valence-electron chi connectivity index (χ1n) is 9.38. The molecule has 0 saturated carbocycles. The van der Waals surface area contributed by atoms with Crippen molar-refractivity contribution in [3.8, 4) is 5.75 Å². The highest BCUT2D eigenvalue weighted by molar-refractivity contribution is 7.89. The number of sulfonamides is 1. The second-order valence-electron chi connectivity index (χ2n) is 6.96. The van der Waals surface area contributed by atoms with E-state index >= 15 is 0 Å². The molecule has 31 heavy (non-hydrogen) atoms. The zero-order chi connectivity index (χ0) is 22.6. The lowest BCUT2D eigenvalue weighted by molar-refractivity contribution is 0.0951. The summed E-state index contributed by atoms with van der Waals surface area (Å²) < 4.78 is 33.7. The van der Waals surface area contributed by atoms with Gasteiger partial charge in [-0.3, -0.25) is 4.79 Å². The van der Waals surface area contributed by atoms with Crippen LogP contribution in [0.15, 0.2) is 77.7 Å². The number of hydrogen-bond donors (Lipinski definition) is 1. The lowest BCUT2D eigenvalue weighted by Crippen LogP contribution is -2.43. The van der Waals surface area contributed by atoms with E-state index in [1.807, 2.05) is 6.92 Å². The van der Waals surface area contributed by atoms with E-state index in [-0.39, 0.29) is 4.90 Å². The van der Waals surface area contributed by atoms with Gasteiger partial charge in [0.05, 0.1) is 17.4 Å². The third-order valence-electron chi connectivity index (χ3n) is 4.75. The Kier molecular flexibility index (Phi) is 7.38. The molecular formula is C23H21Cl2NO4S. The van der Waals surface area contributed by atoms with Crippen LogP contribution in [-0.4, -0.2) is 27.4 Å². The number of ether oxygens (including phenoxy) is 1. The minimum atomic E-state index is -4.01. The van der Waals surface area contributed by atoms with E-state index in [4.69, 9.17) is 27.9 Å². The van der Waals surface area contributed by atoms with E-state index in [0.717, 1.165) is 5.56 Å². The summed E-state index contributed by atoms with van der Waals surface area (Å²) in [5.41, 5.74) is 1.78. The number of aryl methyl sites for hydroxylation is 1. The first-order valence-corrected chi connectivity index (χ1v) is 11.7. The number of Topliss-reactive ketones (excluding diaryl/α,β-unsaturated/α-hetero) is 1. The second-order valence-corrected chi connectivity index (χ2v) is 9.58. The number of carbonyl (C=O) groups is 1. The fourth-order valence-corrected chi connectivity index (χ4v) is 4.70. The molecule has 0 aromatic heterocycles. The largest absolute Gasteiger partial charge is 0.497 e. The van der Waals surface area contributed by atoms with Crippen LogP contribution >= 0.6 is 23.2 Å². The van der Waals surface area contributed by atoms with Crippen molar-refractivity contribution < 1.29 is 17.9 Å². The lowest BCUT2D eigenvalue weighted by atomic mass is 9.98. The molecule has 8 heteroatoms. The van der Waals surface area contributed by atoms with Crippen molar-refractivity contribution in [2.45, 2.75) is 23.2 Å². The van der Waals surface area contributed by atoms with Crippen molar-refractivity contribution in [1.82, 2.24) is 4.72 Å². The maximum absolute atomic E-state index is 13.3. The first-order chi connectivity index (χ1) is 14.7. The number of alkyl halides is 1. The van der Waals surface area contributed by atoms with E-state index < -0.39 is 27.2 Å². The zero-order valence-electron chi connectivity index (χ0n) is 16.9. The van der Waals surface area contributed by atoms with Crippen molar-refractivity contribution in [3.63, 3.8) is 0 Å². The average Bonchev–Trinajstić information content (AvgIpc) is 2.77. The van der Waals surface area contributed by atoms with E-state index in [1.54, 1.807) is 60.7 Å². The molecule has 0 amide bonds. The molecule has 1 N–H and O–H groups in total. The fraction of sp³-hybridized carbons (Fsp3) is 0.174. The third kappa shape index (κ3) is 5.66. The van der Waals surface area contributed by atoms with Crippen LogP contribution in [-0.2, 0) is 10.0 Å². The Bertz CT molecular complexity index is 1150. The van der Waals surface area contributed by atoms with Crippen LogP contribution in [0.1, 0.15) is 26.9 Å². The van der Waals surface area contributed by atoms with Crippen molar-refractivity contribution >= 4 is 39.0 Å². The summed E-state index contributed by atoms with van der Waals surface area (Å²) in [6, 6.07) is 18.1. The number of halogens is 2. The van der Waals surface area contributed by atoms with Gasteiger partial charge in [-0.05, 0) is 61.0 Å². The summed E-state index contributed by atoms with van der Waals surface area (Å²) in [5.74, 6) is 0.113. The van der Waals surface area contributed by atoms with Gasteiger partial charge in [0, 0.05) is 10.6 Å². The molecule has 0 aliphatic heterocycles. The van der Waals surface area contributed by atoms with Crippen molar-refractivity contribution in [1.29, 1.82) is 0 Å². The molecule has 0 radical (unpaired) electrons. The number of benzene rings is 3. The Morgan fingerprint density at radius 2 is 1.52 bits per heavy atom. The van der Waals surface area contributed by atoms with E-state index in [0.29, 0.717) is 21.9 Å². The summed E-state index contributed by atoms with van der Waals surface area (Å²) in [4.78, 5) is 13.4. The van der Waals surface area contributed by atoms with Gasteiger partial charge in [0.25, 0.3) is 0 Å². The van der Waals surface area contributed by atoms with Gasteiger partial charge >= 0.3 is 0 Å². The van der Waals surface area contributed by atoms with Gasteiger partial charge in [-0.15, -0.1) is 11.6 Å². The molecule has 0 heterocycles. The zero-order valence-corrected chi connectivity index (χ0v) is 19.2. The van der Waals surface area contributed by atoms with E-state index in [1.165, 1.54) is 19.2 Å². The molecule has 0 bridgehead atoms. The molecule has 162 valence electrons. The molecule has 0 saturated heterocycles. The maximum atomic E-state index is 13.3. The third-order valence-corrected chi connectivity index (χ3v) is 6.96. The number of rotatable bonds is 8. The summed E-state index contributed by atoms with van der Waals surface area (Å²) in [7, 11) is -2.49. The molecular weight excluding hydrogens is 457 g/mol. The van der Waals surface area contributed by atoms with Gasteiger partial charge in [-0.1, -0.05) is 41.4 Å². The summed E-state index contributed by atoms with van der Waals surface area (Å²) >= 11 is 12.6. The minimum absolute atomic E-state index is 0.0469. The smallest absolute Gasteiger partial charge is 0.241 e. The molecule has 0 spiro atoms. The van der Waals surface area contributed by atoms with E-state index in [9.17, 15) is 13.2 Å². The normalized spacial score (nSPS) is 13.4. The molecule has 2 atom stereocenters. The highest BCUT2D eigenvalue weighted by Crippen LogP contribution is 2.29. The van der Waals surface area contributed by atoms with Crippen molar-refractivity contribution in [2.75, 3.05) is 7.11 Å². The molecule has 0 unspecified atom stereocenters. The molecule has 0 fully saturated rings. The quantitative estimate of drug-likeness (QED) is 0.358. The summed E-state index contributed by atoms with van der Waals surface area (Å²) in [6.45, 7) is 1.86. The number of carbonyl (C=O) groups excluding carboxylic acids is 1. The minimum Gasteiger partial charge on any atom is -0.497 e. The fourth-order valence-electron chi connectivity index (χ4n) is 2.97. The van der Waals surface area contributed by atoms with Crippen LogP contribution < -0.4 is 9.46 Å². The molecule has 0 aliphatic carbocycles. The van der Waals surface area contributed by atoms with Gasteiger partial charge in [0.2, 0.25) is 10.0 Å². The molecule has 0 aliphatic rings. The number of nitrogens with one attached hydrogen (secondary N) is 1. The second kappa shape index (κ2) is 9.83. The standard InChI is InChI=1S/C23H21Cl2NO4S/c1-15-3-13-20(14-4-15)31(28,29)26-22(21(25)16-5-9-18(24)10-6-16)23(27)17-7-11-19(30-2)12-8-17/h3-14,21-22,26H,1-2H3/t21-,22-/m0/s1. The first kappa shape index (κ1) is 23.3. The SMILES string of the molecule is COc1ccc(C(=O)[C@@H](NS(=O)(=O)c2ccc(C)cc2)[C@@H](Cl)c2ccc(Cl)cc2)cc1. The van der Waals surface area contributed by atoms with Gasteiger partial charge < -0.3 is 4.74 Å². The lowest BCUT2D eigenvalue weighted by Gasteiger charge is -2.23. The monoisotopic (exact) mass is 477 g/mol. The number of ketones is 1. The highest BCUT2D eigenvalue weighted by Gasteiger charge is 2.33. The number of methoxy groups -OCH3 is 1. The van der Waals surface area contributed by atoms with Gasteiger partial charge in [0.15, 0.2) is 5.78 Å². The summed E-state index contributed by atoms with van der Waals surface area (Å²) in [6.07, 6.45) is 0. The predicted molar refractivity (Wildman–Crippen MR) is 123 cm³/mol. The number of hydrogen-bond acceptors (Lipinski definition) is 4. The van der Waals surface area contributed by atoms with Gasteiger partial charge in [-0.25, -0.2) is 8.42 Å². The molecule has 3 rings (SSSR count). The predicted octanol–water partition coefficient (Wildman–Crippen LogP) is 5.17. The topological polar surface area (TPSA) is 72.5 Å². The van der Waals surface area contributed by atoms with Crippen molar-refractivity contribution in [2.24, 2.45) is 0 Å². The van der Waals surface area contributed by atoms with Gasteiger partial charge in [-0.2, -0.15) is 4.72 Å². The Morgan fingerprint density at radius 3 is 2.06 bits per heavy atom. The van der Waals surface area contributed by atoms with Crippen LogP contribution in [0.25, 0.3) is 0 Å². The van der Waals surface area contributed by atoms with Crippen molar-refractivity contribution in [3.05, 3.63) is 94.5 Å². The van der Waals surface area contributed by atoms with Crippen LogP contribution in [0.5, 0.6) is 5.75 Å².